The van der Waals surface area contributed by atoms with Crippen LogP contribution < -0.4 is 4.80 Å². The fourth-order valence-corrected chi connectivity index (χ4v) is 3.45. The van der Waals surface area contributed by atoms with Crippen LogP contribution in [-0.2, 0) is 6.54 Å². The molecule has 1 aromatic heterocycles. The van der Waals surface area contributed by atoms with Gasteiger partial charge in [0.05, 0.1) is 16.8 Å². The van der Waals surface area contributed by atoms with Gasteiger partial charge in [-0.2, -0.15) is 4.99 Å². The highest BCUT2D eigenvalue weighted by Gasteiger charge is 2.09. The molecule has 6 heteroatoms. The molecule has 23 heavy (non-hydrogen) atoms. The molecule has 114 valence electrons. The number of hydrogen-bond donors (Lipinski definition) is 0. The summed E-state index contributed by atoms with van der Waals surface area (Å²) < 4.78 is 15.9. The molecule has 1 heterocycles. The van der Waals surface area contributed by atoms with Gasteiger partial charge in [-0.15, -0.1) is 6.42 Å². The summed E-state index contributed by atoms with van der Waals surface area (Å²) in [6.07, 6.45) is 5.40. The molecule has 0 spiro atoms. The lowest BCUT2D eigenvalue weighted by atomic mass is 10.2. The second-order valence-corrected chi connectivity index (χ2v) is 6.16. The Balaban J connectivity index is 2.16. The zero-order chi connectivity index (χ0) is 16.4. The molecule has 1 amide bonds. The first-order chi connectivity index (χ1) is 11.1. The molecule has 0 aliphatic heterocycles. The highest BCUT2D eigenvalue weighted by molar-refractivity contribution is 7.16. The summed E-state index contributed by atoms with van der Waals surface area (Å²) in [5, 5.41) is 0.592. The summed E-state index contributed by atoms with van der Waals surface area (Å²) in [4.78, 5) is 16.8. The number of fused-ring (bicyclic) bond motifs is 1. The van der Waals surface area contributed by atoms with Crippen LogP contribution in [0.3, 0.4) is 0 Å². The molecule has 0 saturated heterocycles. The maximum absolute atomic E-state index is 13.2. The van der Waals surface area contributed by atoms with Gasteiger partial charge in [0.25, 0.3) is 5.91 Å². The Kier molecular flexibility index (Phi) is 4.28. The van der Waals surface area contributed by atoms with Crippen LogP contribution in [0.2, 0.25) is 5.02 Å². The number of halogens is 2. The van der Waals surface area contributed by atoms with E-state index in [1.54, 1.807) is 16.7 Å². The van der Waals surface area contributed by atoms with Gasteiger partial charge in [0, 0.05) is 10.6 Å². The SMILES string of the molecule is C#CCn1c(=NC(=O)c2cccc(F)c2)sc2cc(Cl)ccc21. The van der Waals surface area contributed by atoms with Crippen LogP contribution in [0.5, 0.6) is 0 Å². The molecule has 0 unspecified atom stereocenters. The second-order valence-electron chi connectivity index (χ2n) is 4.71. The predicted molar refractivity (Wildman–Crippen MR) is 90.0 cm³/mol. The van der Waals surface area contributed by atoms with Gasteiger partial charge < -0.3 is 4.57 Å². The van der Waals surface area contributed by atoms with E-state index in [4.69, 9.17) is 18.0 Å². The Morgan fingerprint density at radius 3 is 2.91 bits per heavy atom. The van der Waals surface area contributed by atoms with E-state index in [0.717, 1.165) is 16.3 Å². The van der Waals surface area contributed by atoms with Crippen molar-refractivity contribution < 1.29 is 9.18 Å². The highest BCUT2D eigenvalue weighted by atomic mass is 35.5. The van der Waals surface area contributed by atoms with E-state index in [2.05, 4.69) is 10.9 Å². The molecular formula is C17H10ClFN2OS. The summed E-state index contributed by atoms with van der Waals surface area (Å²) in [6.45, 7) is 0.275. The summed E-state index contributed by atoms with van der Waals surface area (Å²) in [5.74, 6) is 1.54. The zero-order valence-electron chi connectivity index (χ0n) is 11.8. The fourth-order valence-electron chi connectivity index (χ4n) is 2.15. The Labute approximate surface area is 140 Å². The standard InChI is InChI=1S/C17H10ClFN2OS/c1-2-8-21-14-7-6-12(18)10-15(14)23-17(21)20-16(22)11-4-3-5-13(19)9-11/h1,3-7,9-10H,8H2. The van der Waals surface area contributed by atoms with E-state index in [0.29, 0.717) is 9.82 Å². The monoisotopic (exact) mass is 344 g/mol. The van der Waals surface area contributed by atoms with E-state index in [1.807, 2.05) is 6.07 Å². The largest absolute Gasteiger partial charge is 0.305 e. The smallest absolute Gasteiger partial charge is 0.279 e. The van der Waals surface area contributed by atoms with Gasteiger partial charge in [-0.05, 0) is 36.4 Å². The summed E-state index contributed by atoms with van der Waals surface area (Å²) in [5.41, 5.74) is 1.04. The van der Waals surface area contributed by atoms with Crippen molar-refractivity contribution in [3.63, 3.8) is 0 Å². The first-order valence-corrected chi connectivity index (χ1v) is 7.85. The molecule has 0 atom stereocenters. The first-order valence-electron chi connectivity index (χ1n) is 6.65. The molecule has 0 radical (unpaired) electrons. The van der Waals surface area contributed by atoms with E-state index in [1.165, 1.54) is 29.5 Å². The number of nitrogens with zero attached hydrogens (tertiary/aromatic N) is 2. The maximum atomic E-state index is 13.2. The Bertz CT molecular complexity index is 1010. The second kappa shape index (κ2) is 6.37. The minimum absolute atomic E-state index is 0.188. The van der Waals surface area contributed by atoms with Crippen LogP contribution in [0.1, 0.15) is 10.4 Å². The Morgan fingerprint density at radius 2 is 2.17 bits per heavy atom. The average molecular weight is 345 g/mol. The molecule has 0 saturated carbocycles. The van der Waals surface area contributed by atoms with Crippen molar-refractivity contribution in [3.05, 3.63) is 63.7 Å². The number of carbonyl (C=O) groups is 1. The number of terminal acetylenes is 1. The molecule has 0 aliphatic carbocycles. The summed E-state index contributed by atoms with van der Waals surface area (Å²) in [7, 11) is 0. The van der Waals surface area contributed by atoms with Crippen LogP contribution in [0.4, 0.5) is 4.39 Å². The lowest BCUT2D eigenvalue weighted by Crippen LogP contribution is -2.16. The fraction of sp³-hybridized carbons (Fsp3) is 0.0588. The van der Waals surface area contributed by atoms with Crippen molar-refractivity contribution in [1.82, 2.24) is 4.57 Å². The molecule has 3 rings (SSSR count). The molecule has 0 aliphatic rings. The van der Waals surface area contributed by atoms with Crippen LogP contribution in [-0.4, -0.2) is 10.5 Å². The Hall–Kier alpha value is -2.42. The third kappa shape index (κ3) is 3.19. The molecule has 0 fully saturated rings. The number of thiazole rings is 1. The number of hydrogen-bond acceptors (Lipinski definition) is 2. The van der Waals surface area contributed by atoms with Gasteiger partial charge in [-0.25, -0.2) is 4.39 Å². The third-order valence-electron chi connectivity index (χ3n) is 3.16. The predicted octanol–water partition coefficient (Wildman–Crippen LogP) is 3.87. The highest BCUT2D eigenvalue weighted by Crippen LogP contribution is 2.21. The van der Waals surface area contributed by atoms with Crippen molar-refractivity contribution in [2.75, 3.05) is 0 Å². The lowest BCUT2D eigenvalue weighted by Gasteiger charge is -2.00. The topological polar surface area (TPSA) is 34.4 Å². The minimum Gasteiger partial charge on any atom is -0.305 e. The summed E-state index contributed by atoms with van der Waals surface area (Å²) >= 11 is 7.30. The lowest BCUT2D eigenvalue weighted by molar-refractivity contribution is 0.0997. The van der Waals surface area contributed by atoms with Crippen molar-refractivity contribution in [1.29, 1.82) is 0 Å². The van der Waals surface area contributed by atoms with Gasteiger partial charge in [0.15, 0.2) is 4.80 Å². The quantitative estimate of drug-likeness (QED) is 0.650. The first kappa shape index (κ1) is 15.5. The molecular weight excluding hydrogens is 335 g/mol. The molecule has 2 aromatic carbocycles. The summed E-state index contributed by atoms with van der Waals surface area (Å²) in [6, 6.07) is 10.8. The molecule has 0 N–H and O–H groups in total. The van der Waals surface area contributed by atoms with Gasteiger partial charge in [-0.1, -0.05) is 34.9 Å². The number of aromatic nitrogens is 1. The zero-order valence-corrected chi connectivity index (χ0v) is 13.4. The van der Waals surface area contributed by atoms with Crippen LogP contribution in [0.15, 0.2) is 47.5 Å². The van der Waals surface area contributed by atoms with Gasteiger partial charge in [-0.3, -0.25) is 4.79 Å². The van der Waals surface area contributed by atoms with Crippen LogP contribution in [0.25, 0.3) is 10.2 Å². The number of amides is 1. The van der Waals surface area contributed by atoms with Crippen molar-refractivity contribution in [2.45, 2.75) is 6.54 Å². The van der Waals surface area contributed by atoms with Crippen molar-refractivity contribution in [3.8, 4) is 12.3 Å². The van der Waals surface area contributed by atoms with E-state index < -0.39 is 11.7 Å². The molecule has 0 bridgehead atoms. The number of benzene rings is 2. The van der Waals surface area contributed by atoms with Crippen molar-refractivity contribution >= 4 is 39.1 Å². The Morgan fingerprint density at radius 1 is 1.35 bits per heavy atom. The third-order valence-corrected chi connectivity index (χ3v) is 4.44. The van der Waals surface area contributed by atoms with Crippen LogP contribution in [0, 0.1) is 18.2 Å². The van der Waals surface area contributed by atoms with Crippen molar-refractivity contribution in [2.24, 2.45) is 4.99 Å². The van der Waals surface area contributed by atoms with E-state index in [-0.39, 0.29) is 12.1 Å². The normalized spacial score (nSPS) is 11.6. The van der Waals surface area contributed by atoms with E-state index in [9.17, 15) is 9.18 Å². The minimum atomic E-state index is -0.520. The number of carbonyl (C=O) groups excluding carboxylic acids is 1. The number of rotatable bonds is 2. The van der Waals surface area contributed by atoms with Crippen LogP contribution >= 0.6 is 22.9 Å². The average Bonchev–Trinajstić information content (AvgIpc) is 2.84. The van der Waals surface area contributed by atoms with Gasteiger partial charge in [0.2, 0.25) is 0 Å². The molecule has 3 aromatic rings. The van der Waals surface area contributed by atoms with E-state index >= 15 is 0 Å². The maximum Gasteiger partial charge on any atom is 0.279 e. The molecule has 3 nitrogen and oxygen atoms in total. The van der Waals surface area contributed by atoms with Gasteiger partial charge in [0.1, 0.15) is 5.82 Å². The van der Waals surface area contributed by atoms with Gasteiger partial charge >= 0.3 is 0 Å².